The van der Waals surface area contributed by atoms with Gasteiger partial charge >= 0.3 is 0 Å². The van der Waals surface area contributed by atoms with Crippen LogP contribution < -0.4 is 10.6 Å². The molecule has 4 fully saturated rings. The maximum atomic E-state index is 13.5. The van der Waals surface area contributed by atoms with Crippen LogP contribution in [0.4, 0.5) is 0 Å². The lowest BCUT2D eigenvalue weighted by Crippen LogP contribution is -2.77. The van der Waals surface area contributed by atoms with Crippen molar-refractivity contribution >= 4 is 11.8 Å². The van der Waals surface area contributed by atoms with Gasteiger partial charge in [-0.25, -0.2) is 0 Å². The highest BCUT2D eigenvalue weighted by Gasteiger charge is 2.69. The van der Waals surface area contributed by atoms with Crippen LogP contribution >= 0.6 is 0 Å². The molecule has 5 atom stereocenters. The molecule has 6 rings (SSSR count). The Morgan fingerprint density at radius 2 is 1.76 bits per heavy atom. The standard InChI is InChI=1S/C24H27N3O2/c1-27-15-18-13-20-19(12-16-8-4-2-5-9-16)21(27)24(18,26-22(20)28)23(29)25-14-17-10-6-3-7-11-17/h2-11,18-21H,12-15H2,1H3,(H,25,29)(H,26,28)/t18?,19?,20?,21-,24?/m0/s1. The summed E-state index contributed by atoms with van der Waals surface area (Å²) in [5.41, 5.74) is 1.47. The number of benzene rings is 2. The summed E-state index contributed by atoms with van der Waals surface area (Å²) >= 11 is 0. The third-order valence-corrected chi connectivity index (χ3v) is 7.21. The lowest BCUT2D eigenvalue weighted by Gasteiger charge is -2.54. The van der Waals surface area contributed by atoms with Gasteiger partial charge in [-0.2, -0.15) is 0 Å². The third-order valence-electron chi connectivity index (χ3n) is 7.21. The van der Waals surface area contributed by atoms with E-state index >= 15 is 0 Å². The highest BCUT2D eigenvalue weighted by atomic mass is 16.2. The Balaban J connectivity index is 1.44. The summed E-state index contributed by atoms with van der Waals surface area (Å²) in [4.78, 5) is 28.8. The molecule has 3 saturated heterocycles. The lowest BCUT2D eigenvalue weighted by atomic mass is 9.58. The van der Waals surface area contributed by atoms with E-state index in [1.807, 2.05) is 48.5 Å². The number of carbonyl (C=O) groups excluding carboxylic acids is 2. The molecular formula is C24H27N3O2. The number of hydrogen-bond acceptors (Lipinski definition) is 3. The number of carbonyl (C=O) groups is 2. The van der Waals surface area contributed by atoms with E-state index in [1.54, 1.807) is 0 Å². The molecule has 0 spiro atoms. The molecule has 2 N–H and O–H groups in total. The molecule has 5 heteroatoms. The second-order valence-corrected chi connectivity index (χ2v) is 8.80. The Morgan fingerprint density at radius 3 is 2.45 bits per heavy atom. The highest BCUT2D eigenvalue weighted by Crippen LogP contribution is 2.53. The van der Waals surface area contributed by atoms with Crippen LogP contribution in [0.15, 0.2) is 60.7 Å². The molecule has 2 amide bonds. The average molecular weight is 389 g/mol. The predicted molar refractivity (Wildman–Crippen MR) is 111 cm³/mol. The minimum absolute atomic E-state index is 0.0149. The molecule has 1 aliphatic carbocycles. The van der Waals surface area contributed by atoms with Gasteiger partial charge in [-0.05, 0) is 36.9 Å². The number of likely N-dealkylation sites (N-methyl/N-ethyl adjacent to an activating group) is 1. The molecule has 4 unspecified atom stereocenters. The Labute approximate surface area is 171 Å². The van der Waals surface area contributed by atoms with E-state index in [2.05, 4.69) is 34.7 Å². The fourth-order valence-corrected chi connectivity index (χ4v) is 6.04. The maximum absolute atomic E-state index is 13.5. The smallest absolute Gasteiger partial charge is 0.248 e. The fourth-order valence-electron chi connectivity index (χ4n) is 6.04. The summed E-state index contributed by atoms with van der Waals surface area (Å²) in [6.07, 6.45) is 1.62. The first-order valence-electron chi connectivity index (χ1n) is 10.5. The minimum atomic E-state index is -0.825. The van der Waals surface area contributed by atoms with Crippen molar-refractivity contribution in [2.24, 2.45) is 17.8 Å². The largest absolute Gasteiger partial charge is 0.350 e. The Kier molecular flexibility index (Phi) is 4.43. The van der Waals surface area contributed by atoms with E-state index in [1.165, 1.54) is 5.56 Å². The second kappa shape index (κ2) is 6.99. The fraction of sp³-hybridized carbons (Fsp3) is 0.417. The zero-order chi connectivity index (χ0) is 20.0. The van der Waals surface area contributed by atoms with Crippen molar-refractivity contribution in [3.8, 4) is 0 Å². The number of piperidine rings is 2. The van der Waals surface area contributed by atoms with Crippen molar-refractivity contribution in [3.63, 3.8) is 0 Å². The van der Waals surface area contributed by atoms with E-state index in [9.17, 15) is 9.59 Å². The van der Waals surface area contributed by atoms with Crippen LogP contribution in [0.1, 0.15) is 17.5 Å². The second-order valence-electron chi connectivity index (χ2n) is 8.80. The van der Waals surface area contributed by atoms with Gasteiger partial charge in [-0.1, -0.05) is 60.7 Å². The van der Waals surface area contributed by atoms with E-state index in [0.29, 0.717) is 6.54 Å². The SMILES string of the molecule is CN1CC2CC3C(=O)NC2(C(=O)NCc2ccccc2)[C@@H]1C3Cc1ccccc1. The Hall–Kier alpha value is -2.66. The van der Waals surface area contributed by atoms with Crippen LogP contribution in [-0.2, 0) is 22.6 Å². The zero-order valence-corrected chi connectivity index (χ0v) is 16.7. The number of amides is 2. The van der Waals surface area contributed by atoms with Crippen LogP contribution in [0.25, 0.3) is 0 Å². The molecule has 1 saturated carbocycles. The summed E-state index contributed by atoms with van der Waals surface area (Å²) in [5.74, 6) is 0.313. The summed E-state index contributed by atoms with van der Waals surface area (Å²) in [6.45, 7) is 1.33. The predicted octanol–water partition coefficient (Wildman–Crippen LogP) is 1.98. The van der Waals surface area contributed by atoms with Gasteiger partial charge in [-0.3, -0.25) is 14.5 Å². The van der Waals surface area contributed by atoms with Crippen LogP contribution in [-0.4, -0.2) is 41.9 Å². The molecule has 4 bridgehead atoms. The topological polar surface area (TPSA) is 61.4 Å². The van der Waals surface area contributed by atoms with Gasteiger partial charge in [-0.15, -0.1) is 0 Å². The molecule has 0 aromatic heterocycles. The number of rotatable bonds is 5. The zero-order valence-electron chi connectivity index (χ0n) is 16.7. The maximum Gasteiger partial charge on any atom is 0.248 e. The molecule has 150 valence electrons. The van der Waals surface area contributed by atoms with Gasteiger partial charge in [0.1, 0.15) is 5.54 Å². The van der Waals surface area contributed by atoms with E-state index in [0.717, 1.165) is 24.9 Å². The Morgan fingerprint density at radius 1 is 1.10 bits per heavy atom. The van der Waals surface area contributed by atoms with Gasteiger partial charge in [0.25, 0.3) is 0 Å². The first-order chi connectivity index (χ1) is 14.1. The van der Waals surface area contributed by atoms with Crippen molar-refractivity contribution < 1.29 is 9.59 Å². The van der Waals surface area contributed by atoms with E-state index in [-0.39, 0.29) is 35.6 Å². The molecule has 29 heavy (non-hydrogen) atoms. The van der Waals surface area contributed by atoms with E-state index in [4.69, 9.17) is 0 Å². The molecule has 0 radical (unpaired) electrons. The van der Waals surface area contributed by atoms with Gasteiger partial charge in [0.15, 0.2) is 0 Å². The number of nitrogens with one attached hydrogen (secondary N) is 2. The molecule has 2 aromatic rings. The molecule has 2 aromatic carbocycles. The van der Waals surface area contributed by atoms with Crippen LogP contribution in [0, 0.1) is 17.8 Å². The summed E-state index contributed by atoms with van der Waals surface area (Å²) in [5, 5.41) is 6.31. The summed E-state index contributed by atoms with van der Waals surface area (Å²) < 4.78 is 0. The van der Waals surface area contributed by atoms with Crippen molar-refractivity contribution in [3.05, 3.63) is 71.8 Å². The van der Waals surface area contributed by atoms with Crippen molar-refractivity contribution in [2.45, 2.75) is 31.0 Å². The quantitative estimate of drug-likeness (QED) is 0.822. The Bertz CT molecular complexity index is 916. The van der Waals surface area contributed by atoms with Crippen LogP contribution in [0.2, 0.25) is 0 Å². The normalized spacial score (nSPS) is 32.8. The summed E-state index contributed by atoms with van der Waals surface area (Å²) in [6, 6.07) is 20.3. The first kappa shape index (κ1) is 18.4. The van der Waals surface area contributed by atoms with Gasteiger partial charge < -0.3 is 10.6 Å². The number of fused-ring (bicyclic) bond motifs is 1. The first-order valence-corrected chi connectivity index (χ1v) is 10.5. The number of hydrogen-bond donors (Lipinski definition) is 2. The molecular weight excluding hydrogens is 362 g/mol. The van der Waals surface area contributed by atoms with E-state index < -0.39 is 5.54 Å². The van der Waals surface area contributed by atoms with Crippen molar-refractivity contribution in [1.82, 2.24) is 15.5 Å². The average Bonchev–Trinajstić information content (AvgIpc) is 2.95. The number of nitrogens with zero attached hydrogens (tertiary/aromatic N) is 1. The summed E-state index contributed by atoms with van der Waals surface area (Å²) in [7, 11) is 2.10. The molecule has 4 aliphatic rings. The minimum Gasteiger partial charge on any atom is -0.350 e. The van der Waals surface area contributed by atoms with Gasteiger partial charge in [0, 0.05) is 31.0 Å². The van der Waals surface area contributed by atoms with Crippen LogP contribution in [0.3, 0.4) is 0 Å². The van der Waals surface area contributed by atoms with Gasteiger partial charge in [0.05, 0.1) is 0 Å². The molecule has 5 nitrogen and oxygen atoms in total. The third kappa shape index (κ3) is 2.87. The highest BCUT2D eigenvalue weighted by molar-refractivity contribution is 5.97. The molecule has 3 heterocycles. The number of likely N-dealkylation sites (tertiary alicyclic amines) is 1. The van der Waals surface area contributed by atoms with Crippen LogP contribution in [0.5, 0.6) is 0 Å². The lowest BCUT2D eigenvalue weighted by molar-refractivity contribution is -0.153. The monoisotopic (exact) mass is 389 g/mol. The molecule has 3 aliphatic heterocycles. The van der Waals surface area contributed by atoms with Crippen molar-refractivity contribution in [1.29, 1.82) is 0 Å². The van der Waals surface area contributed by atoms with Gasteiger partial charge in [0.2, 0.25) is 11.8 Å². The van der Waals surface area contributed by atoms with Crippen molar-refractivity contribution in [2.75, 3.05) is 13.6 Å².